The molecule has 0 saturated heterocycles. The van der Waals surface area contributed by atoms with Crippen LogP contribution in [0.25, 0.3) is 17.1 Å². The van der Waals surface area contributed by atoms with Gasteiger partial charge in [0.1, 0.15) is 5.82 Å². The van der Waals surface area contributed by atoms with Crippen molar-refractivity contribution in [3.63, 3.8) is 0 Å². The smallest absolute Gasteiger partial charge is 0.125 e. The van der Waals surface area contributed by atoms with Gasteiger partial charge in [-0.2, -0.15) is 5.10 Å². The van der Waals surface area contributed by atoms with Crippen LogP contribution in [0.4, 0.5) is 17.1 Å². The maximum absolute atomic E-state index is 4.47. The summed E-state index contributed by atoms with van der Waals surface area (Å²) in [7, 11) is 0. The summed E-state index contributed by atoms with van der Waals surface area (Å²) in [5.74, 6) is 1.61. The van der Waals surface area contributed by atoms with Gasteiger partial charge in [-0.25, -0.2) is 0 Å². The first-order valence-electron chi connectivity index (χ1n) is 10.2. The number of aromatic nitrogens is 3. The van der Waals surface area contributed by atoms with E-state index in [9.17, 15) is 0 Å². The summed E-state index contributed by atoms with van der Waals surface area (Å²) in [5.41, 5.74) is 5.13. The number of rotatable bonds is 5. The number of hydrogen-bond acceptors (Lipinski definition) is 3. The minimum absolute atomic E-state index is 0. The zero-order valence-corrected chi connectivity index (χ0v) is 19.9. The molecule has 0 saturated carbocycles. The van der Waals surface area contributed by atoms with E-state index in [4.69, 9.17) is 0 Å². The molecule has 1 radical (unpaired) electrons. The van der Waals surface area contributed by atoms with Gasteiger partial charge in [-0.15, -0.1) is 34.9 Å². The third kappa shape index (κ3) is 4.26. The number of hydrogen-bond donors (Lipinski definition) is 0. The van der Waals surface area contributed by atoms with Gasteiger partial charge < -0.3 is 9.47 Å². The van der Waals surface area contributed by atoms with Crippen LogP contribution >= 0.6 is 0 Å². The topological polar surface area (TPSA) is 34.0 Å². The molecule has 32 heavy (non-hydrogen) atoms. The molecular formula is C27H21IrN4-. The summed E-state index contributed by atoms with van der Waals surface area (Å²) in [5, 5.41) is 8.81. The van der Waals surface area contributed by atoms with Crippen LogP contribution in [0.3, 0.4) is 0 Å². The first-order chi connectivity index (χ1) is 15.3. The Morgan fingerprint density at radius 1 is 0.688 bits per heavy atom. The van der Waals surface area contributed by atoms with Gasteiger partial charge in [0.15, 0.2) is 0 Å². The van der Waals surface area contributed by atoms with Crippen molar-refractivity contribution in [3.05, 3.63) is 121 Å². The third-order valence-corrected chi connectivity index (χ3v) is 5.15. The molecule has 0 fully saturated rings. The summed E-state index contributed by atoms with van der Waals surface area (Å²) in [6.45, 7) is 1.97. The average molecular weight is 594 g/mol. The van der Waals surface area contributed by atoms with Crippen LogP contribution in [0.15, 0.2) is 109 Å². The van der Waals surface area contributed by atoms with Crippen LogP contribution < -0.4 is 4.90 Å². The zero-order valence-electron chi connectivity index (χ0n) is 17.5. The Hall–Kier alpha value is -3.53. The SMILES string of the molecule is Cc1nnc(-c2[c-]ccc(N(c3ccccc3)c3ccccc3)c2)n1-c1ccccc1.[Ir]. The van der Waals surface area contributed by atoms with Crippen LogP contribution in [-0.2, 0) is 20.1 Å². The van der Waals surface area contributed by atoms with E-state index in [1.54, 1.807) is 0 Å². The Balaban J connectivity index is 0.00000245. The second-order valence-corrected chi connectivity index (χ2v) is 7.21. The van der Waals surface area contributed by atoms with E-state index >= 15 is 0 Å². The minimum Gasteiger partial charge on any atom is -0.328 e. The number of para-hydroxylation sites is 3. The van der Waals surface area contributed by atoms with Crippen LogP contribution in [0, 0.1) is 13.0 Å². The summed E-state index contributed by atoms with van der Waals surface area (Å²) >= 11 is 0. The molecule has 0 unspecified atom stereocenters. The van der Waals surface area contributed by atoms with Gasteiger partial charge in [-0.05, 0) is 49.0 Å². The van der Waals surface area contributed by atoms with Crippen molar-refractivity contribution in [2.75, 3.05) is 4.90 Å². The molecule has 5 rings (SSSR count). The van der Waals surface area contributed by atoms with Crippen LogP contribution in [0.1, 0.15) is 5.82 Å². The normalized spacial score (nSPS) is 10.4. The molecule has 159 valence electrons. The van der Waals surface area contributed by atoms with Crippen molar-refractivity contribution in [1.29, 1.82) is 0 Å². The number of anilines is 3. The zero-order chi connectivity index (χ0) is 21.0. The first kappa shape index (κ1) is 21.7. The quantitative estimate of drug-likeness (QED) is 0.218. The maximum atomic E-state index is 4.47. The molecule has 5 heteroatoms. The minimum atomic E-state index is 0. The molecule has 1 heterocycles. The number of nitrogens with zero attached hydrogens (tertiary/aromatic N) is 4. The molecule has 4 aromatic carbocycles. The molecule has 5 aromatic rings. The van der Waals surface area contributed by atoms with Gasteiger partial charge in [-0.1, -0.05) is 54.6 Å². The van der Waals surface area contributed by atoms with Crippen LogP contribution in [-0.4, -0.2) is 14.8 Å². The molecule has 1 aromatic heterocycles. The predicted octanol–water partition coefficient (Wildman–Crippen LogP) is 6.51. The van der Waals surface area contributed by atoms with Crippen molar-refractivity contribution < 1.29 is 20.1 Å². The van der Waals surface area contributed by atoms with Gasteiger partial charge in [0.05, 0.1) is 5.82 Å². The molecule has 0 amide bonds. The second kappa shape index (κ2) is 9.73. The summed E-state index contributed by atoms with van der Waals surface area (Å²) in [4.78, 5) is 2.23. The van der Waals surface area contributed by atoms with Gasteiger partial charge in [0, 0.05) is 37.2 Å². The van der Waals surface area contributed by atoms with Crippen molar-refractivity contribution in [3.8, 4) is 17.1 Å². The van der Waals surface area contributed by atoms with E-state index in [1.165, 1.54) is 0 Å². The fourth-order valence-electron chi connectivity index (χ4n) is 3.75. The van der Waals surface area contributed by atoms with E-state index in [1.807, 2.05) is 43.3 Å². The summed E-state index contributed by atoms with van der Waals surface area (Å²) in [6.07, 6.45) is 0. The molecule has 0 bridgehead atoms. The fraction of sp³-hybridized carbons (Fsp3) is 0.0370. The Kier molecular flexibility index (Phi) is 6.60. The average Bonchev–Trinajstić information content (AvgIpc) is 3.23. The maximum Gasteiger partial charge on any atom is 0.125 e. The van der Waals surface area contributed by atoms with Gasteiger partial charge in [0.2, 0.25) is 0 Å². The number of aryl methyl sites for hydroxylation is 1. The van der Waals surface area contributed by atoms with E-state index < -0.39 is 0 Å². The predicted molar refractivity (Wildman–Crippen MR) is 125 cm³/mol. The largest absolute Gasteiger partial charge is 0.328 e. The second-order valence-electron chi connectivity index (χ2n) is 7.21. The van der Waals surface area contributed by atoms with E-state index in [0.717, 1.165) is 40.0 Å². The van der Waals surface area contributed by atoms with Gasteiger partial charge in [0.25, 0.3) is 0 Å². The molecule has 0 aliphatic carbocycles. The Labute approximate surface area is 201 Å². The molecule has 0 aliphatic rings. The third-order valence-electron chi connectivity index (χ3n) is 5.15. The summed E-state index contributed by atoms with van der Waals surface area (Å²) < 4.78 is 2.06. The fourth-order valence-corrected chi connectivity index (χ4v) is 3.75. The Bertz CT molecular complexity index is 1250. The monoisotopic (exact) mass is 594 g/mol. The molecule has 0 N–H and O–H groups in total. The Morgan fingerprint density at radius 2 is 1.25 bits per heavy atom. The molecule has 4 nitrogen and oxygen atoms in total. The standard InChI is InChI=1S/C27H21N4.Ir/c1-21-28-29-27(30(21)23-13-5-2-6-14-23)22-12-11-19-26(20-22)31(24-15-7-3-8-16-24)25-17-9-4-10-18-25;/h2-11,13-20H,1H3;/q-1;. The van der Waals surface area contributed by atoms with Crippen LogP contribution in [0.5, 0.6) is 0 Å². The Morgan fingerprint density at radius 3 is 1.84 bits per heavy atom. The van der Waals surface area contributed by atoms with E-state index in [-0.39, 0.29) is 20.1 Å². The van der Waals surface area contributed by atoms with Crippen molar-refractivity contribution in [1.82, 2.24) is 14.8 Å². The molecular weight excluding hydrogens is 573 g/mol. The van der Waals surface area contributed by atoms with Gasteiger partial charge >= 0.3 is 0 Å². The molecule has 0 aliphatic heterocycles. The molecule has 0 spiro atoms. The molecule has 0 atom stereocenters. The summed E-state index contributed by atoms with van der Waals surface area (Å²) in [6, 6.07) is 40.4. The first-order valence-corrected chi connectivity index (χ1v) is 10.2. The van der Waals surface area contributed by atoms with Crippen LogP contribution in [0.2, 0.25) is 0 Å². The van der Waals surface area contributed by atoms with E-state index in [0.29, 0.717) is 0 Å². The van der Waals surface area contributed by atoms with Gasteiger partial charge in [-0.3, -0.25) is 0 Å². The van der Waals surface area contributed by atoms with Crippen molar-refractivity contribution in [2.45, 2.75) is 6.92 Å². The van der Waals surface area contributed by atoms with Crippen molar-refractivity contribution >= 4 is 17.1 Å². The van der Waals surface area contributed by atoms with E-state index in [2.05, 4.69) is 98.5 Å². The van der Waals surface area contributed by atoms with Crippen molar-refractivity contribution in [2.24, 2.45) is 0 Å². The number of benzene rings is 4.